The number of carbonyl (C=O) groups excluding carboxylic acids is 1. The van der Waals surface area contributed by atoms with Crippen LogP contribution in [-0.4, -0.2) is 41.9 Å². The van der Waals surface area contributed by atoms with E-state index in [0.29, 0.717) is 23.8 Å². The predicted molar refractivity (Wildman–Crippen MR) is 125 cm³/mol. The Hall–Kier alpha value is -1.79. The molecule has 0 saturated carbocycles. The lowest BCUT2D eigenvalue weighted by Gasteiger charge is -2.20. The van der Waals surface area contributed by atoms with Crippen LogP contribution in [0.5, 0.6) is 0 Å². The van der Waals surface area contributed by atoms with Crippen LogP contribution in [0.1, 0.15) is 40.9 Å². The van der Waals surface area contributed by atoms with Gasteiger partial charge in [0.05, 0.1) is 4.90 Å². The van der Waals surface area contributed by atoms with Gasteiger partial charge in [0.15, 0.2) is 4.34 Å². The third-order valence-electron chi connectivity index (χ3n) is 4.86. The minimum Gasteiger partial charge on any atom is -0.296 e. The smallest absolute Gasteiger partial charge is 0.257 e. The van der Waals surface area contributed by atoms with Gasteiger partial charge in [-0.3, -0.25) is 10.1 Å². The summed E-state index contributed by atoms with van der Waals surface area (Å²) < 4.78 is 28.1. The van der Waals surface area contributed by atoms with E-state index < -0.39 is 10.0 Å². The molecule has 3 heterocycles. The van der Waals surface area contributed by atoms with Crippen molar-refractivity contribution in [1.82, 2.24) is 14.5 Å². The fourth-order valence-electron chi connectivity index (χ4n) is 3.22. The average Bonchev–Trinajstić information content (AvgIpc) is 3.37. The van der Waals surface area contributed by atoms with Crippen molar-refractivity contribution in [2.24, 2.45) is 0 Å². The second-order valence-electron chi connectivity index (χ2n) is 7.04. The van der Waals surface area contributed by atoms with Crippen molar-refractivity contribution in [1.29, 1.82) is 0 Å². The summed E-state index contributed by atoms with van der Waals surface area (Å²) in [6.07, 6.45) is 3.89. The van der Waals surface area contributed by atoms with E-state index in [0.717, 1.165) is 35.8 Å². The van der Waals surface area contributed by atoms with E-state index in [-0.39, 0.29) is 10.8 Å². The van der Waals surface area contributed by atoms with Gasteiger partial charge in [-0.25, -0.2) is 8.42 Å². The zero-order chi connectivity index (χ0) is 21.7. The number of hydrogen-bond donors (Lipinski definition) is 1. The molecule has 0 aliphatic carbocycles. The standard InChI is InChI=1S/C20H22N4O3S4/c25-18(21-19-22-23-20(30-19)29-14-16-6-5-13-28-16)15-7-9-17(10-8-15)31(26,27)24-11-3-1-2-4-12-24/h5-10,13H,1-4,11-12,14H2,(H,21,22,25). The maximum absolute atomic E-state index is 12.9. The molecule has 4 rings (SSSR count). The maximum Gasteiger partial charge on any atom is 0.257 e. The Bertz CT molecular complexity index is 1100. The van der Waals surface area contributed by atoms with E-state index in [4.69, 9.17) is 0 Å². The molecule has 1 saturated heterocycles. The number of nitrogens with one attached hydrogen (secondary N) is 1. The lowest BCUT2D eigenvalue weighted by atomic mass is 10.2. The summed E-state index contributed by atoms with van der Waals surface area (Å²) in [7, 11) is -3.53. The first-order chi connectivity index (χ1) is 15.0. The van der Waals surface area contributed by atoms with Crippen molar-refractivity contribution in [2.75, 3.05) is 18.4 Å². The number of benzene rings is 1. The summed E-state index contributed by atoms with van der Waals surface area (Å²) in [5.41, 5.74) is 0.373. The molecule has 31 heavy (non-hydrogen) atoms. The van der Waals surface area contributed by atoms with Gasteiger partial charge >= 0.3 is 0 Å². The van der Waals surface area contributed by atoms with Crippen molar-refractivity contribution in [3.63, 3.8) is 0 Å². The van der Waals surface area contributed by atoms with Gasteiger partial charge in [0.2, 0.25) is 15.2 Å². The topological polar surface area (TPSA) is 92.3 Å². The summed E-state index contributed by atoms with van der Waals surface area (Å²) >= 11 is 4.58. The Morgan fingerprint density at radius 2 is 1.81 bits per heavy atom. The Morgan fingerprint density at radius 1 is 1.06 bits per heavy atom. The van der Waals surface area contributed by atoms with Crippen LogP contribution in [0, 0.1) is 0 Å². The molecule has 2 aromatic heterocycles. The van der Waals surface area contributed by atoms with Crippen LogP contribution < -0.4 is 5.32 Å². The number of rotatable bonds is 7. The Balaban J connectivity index is 1.37. The number of amides is 1. The molecule has 1 amide bonds. The van der Waals surface area contributed by atoms with Gasteiger partial charge in [-0.2, -0.15) is 4.31 Å². The van der Waals surface area contributed by atoms with Crippen LogP contribution in [0.2, 0.25) is 0 Å². The molecular formula is C20H22N4O3S4. The fraction of sp³-hybridized carbons (Fsp3) is 0.350. The summed E-state index contributed by atoms with van der Waals surface area (Å²) in [6, 6.07) is 10.1. The first kappa shape index (κ1) is 22.4. The van der Waals surface area contributed by atoms with Gasteiger partial charge in [-0.1, -0.05) is 42.0 Å². The van der Waals surface area contributed by atoms with Gasteiger partial charge in [0.25, 0.3) is 5.91 Å². The minimum absolute atomic E-state index is 0.217. The molecule has 0 spiro atoms. The average molecular weight is 495 g/mol. The highest BCUT2D eigenvalue weighted by molar-refractivity contribution is 8.00. The van der Waals surface area contributed by atoms with Gasteiger partial charge in [0, 0.05) is 29.3 Å². The SMILES string of the molecule is O=C(Nc1nnc(SCc2cccs2)s1)c1ccc(S(=O)(=O)N2CCCCCC2)cc1. The first-order valence-corrected chi connectivity index (χ1v) is 14.0. The largest absolute Gasteiger partial charge is 0.296 e. The number of anilines is 1. The molecule has 0 unspecified atom stereocenters. The maximum atomic E-state index is 12.9. The molecule has 7 nitrogen and oxygen atoms in total. The number of thioether (sulfide) groups is 1. The molecule has 11 heteroatoms. The monoisotopic (exact) mass is 494 g/mol. The quantitative estimate of drug-likeness (QED) is 0.378. The summed E-state index contributed by atoms with van der Waals surface area (Å²) in [5.74, 6) is 0.470. The number of sulfonamides is 1. The van der Waals surface area contributed by atoms with Crippen LogP contribution in [0.4, 0.5) is 5.13 Å². The van der Waals surface area contributed by atoms with Gasteiger partial charge in [-0.15, -0.1) is 21.5 Å². The predicted octanol–water partition coefficient (Wildman–Crippen LogP) is 4.71. The summed E-state index contributed by atoms with van der Waals surface area (Å²) in [4.78, 5) is 14.0. The van der Waals surface area contributed by atoms with Crippen molar-refractivity contribution in [2.45, 2.75) is 40.7 Å². The van der Waals surface area contributed by atoms with Crippen molar-refractivity contribution in [3.05, 3.63) is 52.2 Å². The van der Waals surface area contributed by atoms with Crippen LogP contribution in [-0.2, 0) is 15.8 Å². The van der Waals surface area contributed by atoms with Crippen LogP contribution >= 0.6 is 34.4 Å². The summed E-state index contributed by atoms with van der Waals surface area (Å²) in [6.45, 7) is 1.10. The molecule has 0 bridgehead atoms. The molecule has 1 fully saturated rings. The van der Waals surface area contributed by atoms with E-state index >= 15 is 0 Å². The molecule has 0 radical (unpaired) electrons. The van der Waals surface area contributed by atoms with E-state index in [1.807, 2.05) is 11.4 Å². The van der Waals surface area contributed by atoms with E-state index in [1.54, 1.807) is 27.4 Å². The third-order valence-corrected chi connectivity index (χ3v) is 9.86. The Kier molecular flexibility index (Phi) is 7.39. The second kappa shape index (κ2) is 10.2. The van der Waals surface area contributed by atoms with Crippen LogP contribution in [0.3, 0.4) is 0 Å². The minimum atomic E-state index is -3.53. The zero-order valence-electron chi connectivity index (χ0n) is 16.7. The van der Waals surface area contributed by atoms with E-state index in [9.17, 15) is 13.2 Å². The van der Waals surface area contributed by atoms with Gasteiger partial charge in [-0.05, 0) is 48.6 Å². The first-order valence-electron chi connectivity index (χ1n) is 9.92. The highest BCUT2D eigenvalue weighted by Crippen LogP contribution is 2.30. The number of carbonyl (C=O) groups is 1. The third kappa shape index (κ3) is 5.72. The molecule has 1 N–H and O–H groups in total. The number of hydrogen-bond acceptors (Lipinski definition) is 8. The van der Waals surface area contributed by atoms with Gasteiger partial charge in [0.1, 0.15) is 0 Å². The molecule has 164 valence electrons. The van der Waals surface area contributed by atoms with E-state index in [1.165, 1.54) is 40.5 Å². The lowest BCUT2D eigenvalue weighted by Crippen LogP contribution is -2.31. The van der Waals surface area contributed by atoms with Gasteiger partial charge < -0.3 is 0 Å². The highest BCUT2D eigenvalue weighted by atomic mass is 32.2. The van der Waals surface area contributed by atoms with Crippen LogP contribution in [0.25, 0.3) is 0 Å². The molecule has 3 aromatic rings. The van der Waals surface area contributed by atoms with E-state index in [2.05, 4.69) is 21.6 Å². The van der Waals surface area contributed by atoms with Crippen molar-refractivity contribution in [3.8, 4) is 0 Å². The Labute approximate surface area is 194 Å². The fourth-order valence-corrected chi connectivity index (χ4v) is 7.26. The van der Waals surface area contributed by atoms with Crippen molar-refractivity contribution < 1.29 is 13.2 Å². The molecule has 1 aliphatic rings. The van der Waals surface area contributed by atoms with Crippen LogP contribution in [0.15, 0.2) is 51.0 Å². The molecule has 0 atom stereocenters. The number of thiophene rings is 1. The molecule has 1 aliphatic heterocycles. The molecule has 1 aromatic carbocycles. The normalized spacial score (nSPS) is 15.5. The zero-order valence-corrected chi connectivity index (χ0v) is 20.0. The molecular weight excluding hydrogens is 473 g/mol. The number of aromatic nitrogens is 2. The Morgan fingerprint density at radius 3 is 2.48 bits per heavy atom. The van der Waals surface area contributed by atoms with Crippen molar-refractivity contribution >= 4 is 55.5 Å². The highest BCUT2D eigenvalue weighted by Gasteiger charge is 2.25. The summed E-state index contributed by atoms with van der Waals surface area (Å²) in [5, 5.41) is 13.3. The second-order valence-corrected chi connectivity index (χ2v) is 12.2. The number of nitrogens with zero attached hydrogens (tertiary/aromatic N) is 3. The lowest BCUT2D eigenvalue weighted by molar-refractivity contribution is 0.102.